The summed E-state index contributed by atoms with van der Waals surface area (Å²) in [7, 11) is 0. The molecule has 0 radical (unpaired) electrons. The van der Waals surface area contributed by atoms with E-state index in [0.29, 0.717) is 30.1 Å². The van der Waals surface area contributed by atoms with Crippen molar-refractivity contribution in [3.05, 3.63) is 47.3 Å². The Hall–Kier alpha value is -1.90. The summed E-state index contributed by atoms with van der Waals surface area (Å²) in [4.78, 5) is 26.0. The van der Waals surface area contributed by atoms with Crippen molar-refractivity contribution < 1.29 is 14.3 Å². The molecule has 2 fully saturated rings. The first-order valence-corrected chi connectivity index (χ1v) is 9.78. The van der Waals surface area contributed by atoms with E-state index in [1.165, 1.54) is 11.6 Å². The van der Waals surface area contributed by atoms with Crippen LogP contribution in [0.15, 0.2) is 47.3 Å². The van der Waals surface area contributed by atoms with Crippen LogP contribution in [0, 0.1) is 22.7 Å². The van der Waals surface area contributed by atoms with Crippen molar-refractivity contribution in [1.29, 1.82) is 0 Å². The van der Waals surface area contributed by atoms with Gasteiger partial charge in [-0.3, -0.25) is 9.59 Å². The molecule has 3 nitrogen and oxygen atoms in total. The van der Waals surface area contributed by atoms with Gasteiger partial charge in [0, 0.05) is 23.1 Å². The van der Waals surface area contributed by atoms with Gasteiger partial charge in [-0.1, -0.05) is 38.2 Å². The molecule has 0 aromatic rings. The standard InChI is InChI=1S/C23H28O3/c1-6-26-18-10-17(24)16-12-23(5)14(3)15(20(16)21(18)25)11-22(4)13(2)8-7-9-19(22)23/h10,15,19H,2-3,6-9,11-12H2,1,4-5H3/t15-,19-,22-,23-/m1/s1. The number of carbonyl (C=O) groups excluding carboxylic acids is 2. The molecule has 2 bridgehead atoms. The van der Waals surface area contributed by atoms with Crippen molar-refractivity contribution in [3.63, 3.8) is 0 Å². The van der Waals surface area contributed by atoms with Crippen LogP contribution in [0.3, 0.4) is 0 Å². The van der Waals surface area contributed by atoms with Gasteiger partial charge in [-0.25, -0.2) is 0 Å². The van der Waals surface area contributed by atoms with Gasteiger partial charge in [0.05, 0.1) is 6.61 Å². The molecule has 0 unspecified atom stereocenters. The minimum atomic E-state index is -0.146. The van der Waals surface area contributed by atoms with Crippen LogP contribution in [0.4, 0.5) is 0 Å². The summed E-state index contributed by atoms with van der Waals surface area (Å²) in [5, 5.41) is 0. The maximum atomic E-state index is 13.1. The third-order valence-electron chi connectivity index (χ3n) is 7.65. The zero-order chi connectivity index (χ0) is 18.9. The van der Waals surface area contributed by atoms with Gasteiger partial charge < -0.3 is 4.74 Å². The molecule has 26 heavy (non-hydrogen) atoms. The van der Waals surface area contributed by atoms with Gasteiger partial charge in [-0.15, -0.1) is 0 Å². The minimum absolute atomic E-state index is 0.00759. The number of carbonyl (C=O) groups is 2. The number of rotatable bonds is 2. The first-order valence-electron chi connectivity index (χ1n) is 9.78. The molecule has 0 saturated heterocycles. The van der Waals surface area contributed by atoms with Crippen molar-refractivity contribution in [1.82, 2.24) is 0 Å². The average Bonchev–Trinajstić information content (AvgIpc) is 2.58. The normalized spacial score (nSPS) is 39.4. The average molecular weight is 352 g/mol. The molecule has 4 rings (SSSR count). The van der Waals surface area contributed by atoms with Crippen LogP contribution in [0.1, 0.15) is 52.9 Å². The number of fused-ring (bicyclic) bond motifs is 5. The fourth-order valence-corrected chi connectivity index (χ4v) is 6.22. The minimum Gasteiger partial charge on any atom is -0.490 e. The fourth-order valence-electron chi connectivity index (χ4n) is 6.22. The molecule has 4 aliphatic rings. The molecule has 0 spiro atoms. The Kier molecular flexibility index (Phi) is 3.74. The van der Waals surface area contributed by atoms with Crippen molar-refractivity contribution in [3.8, 4) is 0 Å². The molecule has 4 aliphatic carbocycles. The van der Waals surface area contributed by atoms with Crippen molar-refractivity contribution in [2.45, 2.75) is 52.9 Å². The second-order valence-electron chi connectivity index (χ2n) is 8.87. The van der Waals surface area contributed by atoms with Crippen molar-refractivity contribution >= 4 is 11.6 Å². The number of hydrogen-bond acceptors (Lipinski definition) is 3. The Balaban J connectivity index is 1.86. The van der Waals surface area contributed by atoms with Gasteiger partial charge in [0.1, 0.15) is 0 Å². The summed E-state index contributed by atoms with van der Waals surface area (Å²) in [5.41, 5.74) is 3.66. The summed E-state index contributed by atoms with van der Waals surface area (Å²) in [6.45, 7) is 15.6. The number of hydrogen-bond donors (Lipinski definition) is 0. The zero-order valence-electron chi connectivity index (χ0n) is 16.1. The zero-order valence-corrected chi connectivity index (χ0v) is 16.1. The number of Topliss-reactive ketones (excluding diaryl/α,β-unsaturated/α-hetero) is 1. The third-order valence-corrected chi connectivity index (χ3v) is 7.65. The molecule has 0 aromatic heterocycles. The Morgan fingerprint density at radius 3 is 2.65 bits per heavy atom. The molecule has 138 valence electrons. The Morgan fingerprint density at radius 1 is 1.23 bits per heavy atom. The van der Waals surface area contributed by atoms with E-state index in [2.05, 4.69) is 27.0 Å². The smallest absolute Gasteiger partial charge is 0.224 e. The predicted molar refractivity (Wildman–Crippen MR) is 101 cm³/mol. The highest BCUT2D eigenvalue weighted by atomic mass is 16.5. The highest BCUT2D eigenvalue weighted by molar-refractivity contribution is 6.22. The molecule has 3 heteroatoms. The maximum Gasteiger partial charge on any atom is 0.224 e. The lowest BCUT2D eigenvalue weighted by Gasteiger charge is -2.61. The summed E-state index contributed by atoms with van der Waals surface area (Å²) in [6, 6.07) is 0. The van der Waals surface area contributed by atoms with E-state index in [1.807, 2.05) is 6.92 Å². The lowest BCUT2D eigenvalue weighted by atomic mass is 9.42. The molecule has 4 atom stereocenters. The van der Waals surface area contributed by atoms with E-state index in [0.717, 1.165) is 31.3 Å². The molecular formula is C23H28O3. The van der Waals surface area contributed by atoms with E-state index in [4.69, 9.17) is 4.74 Å². The first-order chi connectivity index (χ1) is 12.2. The molecule has 0 N–H and O–H groups in total. The van der Waals surface area contributed by atoms with Crippen LogP contribution in [-0.4, -0.2) is 18.2 Å². The summed E-state index contributed by atoms with van der Waals surface area (Å²) in [5.74, 6) is 0.403. The Labute approximate surface area is 155 Å². The highest BCUT2D eigenvalue weighted by Gasteiger charge is 2.60. The van der Waals surface area contributed by atoms with Gasteiger partial charge in [0.2, 0.25) is 5.78 Å². The van der Waals surface area contributed by atoms with Gasteiger partial charge >= 0.3 is 0 Å². The van der Waals surface area contributed by atoms with Crippen molar-refractivity contribution in [2.75, 3.05) is 6.61 Å². The third kappa shape index (κ3) is 2.06. The molecule has 0 amide bonds. The quantitative estimate of drug-likeness (QED) is 0.534. The number of ketones is 2. The van der Waals surface area contributed by atoms with Gasteiger partial charge in [-0.2, -0.15) is 0 Å². The summed E-state index contributed by atoms with van der Waals surface area (Å²) < 4.78 is 5.47. The van der Waals surface area contributed by atoms with Gasteiger partial charge in [0.25, 0.3) is 0 Å². The van der Waals surface area contributed by atoms with E-state index >= 15 is 0 Å². The SMILES string of the molecule is C=C1CCC[C@@H]2[C@]1(C)C[C@@H]1C(=C)[C@@]2(C)CC2=C1C(=O)C(OCC)=CC2=O. The maximum absolute atomic E-state index is 13.1. The van der Waals surface area contributed by atoms with Crippen molar-refractivity contribution in [2.24, 2.45) is 22.7 Å². The molecule has 2 saturated carbocycles. The van der Waals surface area contributed by atoms with Crippen LogP contribution in [-0.2, 0) is 14.3 Å². The second kappa shape index (κ2) is 5.55. The van der Waals surface area contributed by atoms with Crippen LogP contribution in [0.25, 0.3) is 0 Å². The second-order valence-corrected chi connectivity index (χ2v) is 8.87. The molecule has 0 aliphatic heterocycles. The van der Waals surface area contributed by atoms with Crippen LogP contribution < -0.4 is 0 Å². The number of ether oxygens (including phenoxy) is 1. The highest BCUT2D eigenvalue weighted by Crippen LogP contribution is 2.67. The van der Waals surface area contributed by atoms with E-state index in [-0.39, 0.29) is 34.1 Å². The Bertz CT molecular complexity index is 811. The molecule has 0 aromatic carbocycles. The first kappa shape index (κ1) is 17.5. The predicted octanol–water partition coefficient (Wildman–Crippen LogP) is 4.70. The van der Waals surface area contributed by atoms with E-state index in [9.17, 15) is 9.59 Å². The van der Waals surface area contributed by atoms with Crippen LogP contribution >= 0.6 is 0 Å². The Morgan fingerprint density at radius 2 is 1.96 bits per heavy atom. The molecule has 0 heterocycles. The molecular weight excluding hydrogens is 324 g/mol. The van der Waals surface area contributed by atoms with Gasteiger partial charge in [-0.05, 0) is 55.8 Å². The topological polar surface area (TPSA) is 43.4 Å². The lowest BCUT2D eigenvalue weighted by molar-refractivity contribution is -0.120. The summed E-state index contributed by atoms with van der Waals surface area (Å²) in [6.07, 6.45) is 6.21. The largest absolute Gasteiger partial charge is 0.490 e. The number of allylic oxidation sites excluding steroid dienone is 5. The van der Waals surface area contributed by atoms with E-state index in [1.54, 1.807) is 0 Å². The van der Waals surface area contributed by atoms with Gasteiger partial charge in [0.15, 0.2) is 11.5 Å². The fraction of sp³-hybridized carbons (Fsp3) is 0.565. The van der Waals surface area contributed by atoms with E-state index < -0.39 is 0 Å². The monoisotopic (exact) mass is 352 g/mol. The van der Waals surface area contributed by atoms with Crippen LogP contribution in [0.2, 0.25) is 0 Å². The lowest BCUT2D eigenvalue weighted by Crippen LogP contribution is -2.54. The summed E-state index contributed by atoms with van der Waals surface area (Å²) >= 11 is 0. The van der Waals surface area contributed by atoms with Crippen LogP contribution in [0.5, 0.6) is 0 Å².